The second kappa shape index (κ2) is 7.83. The number of hydrogen-bond acceptors (Lipinski definition) is 2. The lowest BCUT2D eigenvalue weighted by molar-refractivity contribution is 0.666. The topological polar surface area (TPSA) is 29.9 Å². The summed E-state index contributed by atoms with van der Waals surface area (Å²) in [7, 11) is 0. The molecule has 1 aromatic carbocycles. The Morgan fingerprint density at radius 1 is 1.14 bits per heavy atom. The molecule has 1 heterocycles. The summed E-state index contributed by atoms with van der Waals surface area (Å²) in [6, 6.07) is 5.62. The highest BCUT2D eigenvalue weighted by atomic mass is 35.5. The predicted molar refractivity (Wildman–Crippen MR) is 89.6 cm³/mol. The Kier molecular flexibility index (Phi) is 6.09. The van der Waals surface area contributed by atoms with E-state index >= 15 is 0 Å². The largest absolute Gasteiger partial charge is 0.313 e. The quantitative estimate of drug-likeness (QED) is 0.752. The molecule has 1 N–H and O–H groups in total. The lowest BCUT2D eigenvalue weighted by Gasteiger charge is -2.10. The van der Waals surface area contributed by atoms with Gasteiger partial charge in [-0.1, -0.05) is 43.5 Å². The van der Waals surface area contributed by atoms with E-state index in [1.165, 1.54) is 11.3 Å². The molecule has 0 atom stereocenters. The Bertz CT molecular complexity index is 593. The average molecular weight is 326 g/mol. The summed E-state index contributed by atoms with van der Waals surface area (Å²) < 4.78 is 1.97. The van der Waals surface area contributed by atoms with Gasteiger partial charge in [0, 0.05) is 17.8 Å². The molecule has 0 spiro atoms. The zero-order valence-corrected chi connectivity index (χ0v) is 14.0. The first kappa shape index (κ1) is 16.3. The van der Waals surface area contributed by atoms with Gasteiger partial charge >= 0.3 is 0 Å². The molecule has 0 aliphatic heterocycles. The van der Waals surface area contributed by atoms with Crippen molar-refractivity contribution in [2.45, 2.75) is 39.7 Å². The molecule has 0 bridgehead atoms. The lowest BCUT2D eigenvalue weighted by Crippen LogP contribution is -2.15. The summed E-state index contributed by atoms with van der Waals surface area (Å²) in [5, 5.41) is 9.08. The molecular weight excluding hydrogens is 305 g/mol. The van der Waals surface area contributed by atoms with E-state index in [9.17, 15) is 0 Å². The van der Waals surface area contributed by atoms with Crippen molar-refractivity contribution in [2.75, 3.05) is 6.54 Å². The molecule has 5 heteroatoms. The summed E-state index contributed by atoms with van der Waals surface area (Å²) >= 11 is 12.1. The molecule has 2 rings (SSSR count). The maximum atomic E-state index is 6.12. The van der Waals surface area contributed by atoms with E-state index < -0.39 is 0 Å². The number of nitrogens with one attached hydrogen (secondary N) is 1. The molecule has 21 heavy (non-hydrogen) atoms. The monoisotopic (exact) mass is 325 g/mol. The van der Waals surface area contributed by atoms with Crippen LogP contribution in [0.25, 0.3) is 5.69 Å². The molecule has 0 aliphatic rings. The SMILES string of the molecule is CCCNCc1cnn(-c2ccc(Cl)c(Cl)c2)c1CCC. The van der Waals surface area contributed by atoms with Gasteiger partial charge in [0.1, 0.15) is 0 Å². The van der Waals surface area contributed by atoms with E-state index in [0.717, 1.165) is 38.0 Å². The second-order valence-electron chi connectivity index (χ2n) is 5.05. The van der Waals surface area contributed by atoms with Crippen LogP contribution in [0.2, 0.25) is 10.0 Å². The Morgan fingerprint density at radius 3 is 2.62 bits per heavy atom. The van der Waals surface area contributed by atoms with Crippen LogP contribution in [0.15, 0.2) is 24.4 Å². The van der Waals surface area contributed by atoms with Crippen LogP contribution in [0.4, 0.5) is 0 Å². The minimum Gasteiger partial charge on any atom is -0.313 e. The third-order valence-electron chi connectivity index (χ3n) is 3.33. The van der Waals surface area contributed by atoms with Crippen molar-refractivity contribution in [2.24, 2.45) is 0 Å². The molecule has 0 saturated heterocycles. The highest BCUT2D eigenvalue weighted by molar-refractivity contribution is 6.42. The first-order chi connectivity index (χ1) is 10.2. The number of rotatable bonds is 7. The fourth-order valence-corrected chi connectivity index (χ4v) is 2.59. The first-order valence-corrected chi connectivity index (χ1v) is 8.14. The average Bonchev–Trinajstić information content (AvgIpc) is 2.86. The van der Waals surface area contributed by atoms with E-state index in [2.05, 4.69) is 24.3 Å². The van der Waals surface area contributed by atoms with Gasteiger partial charge in [0.05, 0.1) is 21.9 Å². The Morgan fingerprint density at radius 2 is 1.95 bits per heavy atom. The molecular formula is C16H21Cl2N3. The van der Waals surface area contributed by atoms with E-state index in [0.29, 0.717) is 10.0 Å². The van der Waals surface area contributed by atoms with Gasteiger partial charge in [-0.25, -0.2) is 4.68 Å². The van der Waals surface area contributed by atoms with Gasteiger partial charge in [-0.3, -0.25) is 0 Å². The fraction of sp³-hybridized carbons (Fsp3) is 0.438. The van der Waals surface area contributed by atoms with Crippen molar-refractivity contribution < 1.29 is 0 Å². The standard InChI is InChI=1S/C16H21Cl2N3/c1-3-5-16-12(10-19-8-4-2)11-20-21(16)13-6-7-14(17)15(18)9-13/h6-7,9,11,19H,3-5,8,10H2,1-2H3. The van der Waals surface area contributed by atoms with Crippen LogP contribution in [0.1, 0.15) is 37.9 Å². The molecule has 0 radical (unpaired) electrons. The van der Waals surface area contributed by atoms with Crippen molar-refractivity contribution in [3.8, 4) is 5.69 Å². The normalized spacial score (nSPS) is 11.0. The minimum atomic E-state index is 0.553. The number of benzene rings is 1. The third kappa shape index (κ3) is 4.00. The molecule has 1 aromatic heterocycles. The number of halogens is 2. The van der Waals surface area contributed by atoms with Crippen LogP contribution in [0.3, 0.4) is 0 Å². The second-order valence-corrected chi connectivity index (χ2v) is 5.87. The maximum Gasteiger partial charge on any atom is 0.0664 e. The van der Waals surface area contributed by atoms with Gasteiger partial charge in [-0.2, -0.15) is 5.10 Å². The van der Waals surface area contributed by atoms with Crippen LogP contribution in [-0.4, -0.2) is 16.3 Å². The van der Waals surface area contributed by atoms with Crippen molar-refractivity contribution in [3.05, 3.63) is 45.7 Å². The fourth-order valence-electron chi connectivity index (χ4n) is 2.30. The number of nitrogens with zero attached hydrogens (tertiary/aromatic N) is 2. The summed E-state index contributed by atoms with van der Waals surface area (Å²) in [4.78, 5) is 0. The summed E-state index contributed by atoms with van der Waals surface area (Å²) in [6.07, 6.45) is 5.14. The molecule has 0 unspecified atom stereocenters. The van der Waals surface area contributed by atoms with E-state index in [1.54, 1.807) is 0 Å². The van der Waals surface area contributed by atoms with Crippen LogP contribution in [-0.2, 0) is 13.0 Å². The van der Waals surface area contributed by atoms with E-state index in [-0.39, 0.29) is 0 Å². The Labute approximate surface area is 136 Å². The summed E-state index contributed by atoms with van der Waals surface area (Å²) in [5.41, 5.74) is 3.44. The molecule has 0 aliphatic carbocycles. The minimum absolute atomic E-state index is 0.553. The number of hydrogen-bond donors (Lipinski definition) is 1. The molecule has 114 valence electrons. The van der Waals surface area contributed by atoms with Crippen molar-refractivity contribution in [3.63, 3.8) is 0 Å². The third-order valence-corrected chi connectivity index (χ3v) is 4.07. The zero-order valence-electron chi connectivity index (χ0n) is 12.5. The van der Waals surface area contributed by atoms with Crippen LogP contribution in [0.5, 0.6) is 0 Å². The van der Waals surface area contributed by atoms with Crippen molar-refractivity contribution >= 4 is 23.2 Å². The first-order valence-electron chi connectivity index (χ1n) is 7.39. The molecule has 3 nitrogen and oxygen atoms in total. The summed E-state index contributed by atoms with van der Waals surface area (Å²) in [5.74, 6) is 0. The van der Waals surface area contributed by atoms with E-state index in [4.69, 9.17) is 23.2 Å². The Hall–Kier alpha value is -1.03. The molecule has 0 amide bonds. The van der Waals surface area contributed by atoms with Crippen molar-refractivity contribution in [1.82, 2.24) is 15.1 Å². The van der Waals surface area contributed by atoms with Gasteiger partial charge in [-0.05, 0) is 37.6 Å². The van der Waals surface area contributed by atoms with Gasteiger partial charge < -0.3 is 5.32 Å². The summed E-state index contributed by atoms with van der Waals surface area (Å²) in [6.45, 7) is 6.21. The molecule has 0 fully saturated rings. The zero-order chi connectivity index (χ0) is 15.2. The van der Waals surface area contributed by atoms with Gasteiger partial charge in [0.15, 0.2) is 0 Å². The lowest BCUT2D eigenvalue weighted by atomic mass is 10.1. The van der Waals surface area contributed by atoms with E-state index in [1.807, 2.05) is 29.1 Å². The molecule has 0 saturated carbocycles. The van der Waals surface area contributed by atoms with Gasteiger partial charge in [0.25, 0.3) is 0 Å². The van der Waals surface area contributed by atoms with Gasteiger partial charge in [0.2, 0.25) is 0 Å². The molecule has 2 aromatic rings. The number of aromatic nitrogens is 2. The van der Waals surface area contributed by atoms with Crippen LogP contribution in [0, 0.1) is 0 Å². The van der Waals surface area contributed by atoms with Crippen LogP contribution < -0.4 is 5.32 Å². The highest BCUT2D eigenvalue weighted by Crippen LogP contribution is 2.26. The smallest absolute Gasteiger partial charge is 0.0664 e. The Balaban J connectivity index is 2.31. The van der Waals surface area contributed by atoms with Crippen molar-refractivity contribution in [1.29, 1.82) is 0 Å². The highest BCUT2D eigenvalue weighted by Gasteiger charge is 2.12. The van der Waals surface area contributed by atoms with Crippen LogP contribution >= 0.6 is 23.2 Å². The maximum absolute atomic E-state index is 6.12. The predicted octanol–water partition coefficient (Wildman–Crippen LogP) is 4.63. The van der Waals surface area contributed by atoms with Gasteiger partial charge in [-0.15, -0.1) is 0 Å².